The summed E-state index contributed by atoms with van der Waals surface area (Å²) in [5.74, 6) is 0.630. The average Bonchev–Trinajstić information content (AvgIpc) is 3.02. The highest BCUT2D eigenvalue weighted by Gasteiger charge is 2.32. The van der Waals surface area contributed by atoms with Gasteiger partial charge in [0, 0.05) is 18.2 Å². The molecule has 1 amide bonds. The number of primary amides is 1. The van der Waals surface area contributed by atoms with Crippen molar-refractivity contribution in [1.82, 2.24) is 0 Å². The van der Waals surface area contributed by atoms with Crippen LogP contribution in [-0.2, 0) is 0 Å². The van der Waals surface area contributed by atoms with Crippen LogP contribution in [0.2, 0.25) is 0 Å². The molecule has 3 N–H and O–H groups in total. The van der Waals surface area contributed by atoms with Crippen molar-refractivity contribution in [2.24, 2.45) is 17.6 Å². The monoisotopic (exact) mass is 249 g/mol. The van der Waals surface area contributed by atoms with E-state index in [-0.39, 0.29) is 11.3 Å². The summed E-state index contributed by atoms with van der Waals surface area (Å²) in [5, 5.41) is 13.9. The van der Waals surface area contributed by atoms with Crippen LogP contribution < -0.4 is 11.1 Å². The van der Waals surface area contributed by atoms with Crippen LogP contribution in [0.5, 0.6) is 0 Å². The molecule has 2 atom stereocenters. The Morgan fingerprint density at radius 1 is 1.61 bits per heavy atom. The van der Waals surface area contributed by atoms with Crippen molar-refractivity contribution < 1.29 is 9.72 Å². The van der Waals surface area contributed by atoms with Crippen LogP contribution >= 0.6 is 0 Å². The molecule has 0 aliphatic heterocycles. The number of carbonyl (C=O) groups is 1. The van der Waals surface area contributed by atoms with E-state index in [0.29, 0.717) is 24.1 Å². The SMILES string of the molecule is CC1CC1CNc1cc(C(N)=O)ccc1[N+](=O)[O-]. The van der Waals surface area contributed by atoms with Gasteiger partial charge >= 0.3 is 0 Å². The molecule has 96 valence electrons. The number of amides is 1. The molecule has 1 aromatic rings. The van der Waals surface area contributed by atoms with Gasteiger partial charge in [-0.1, -0.05) is 6.92 Å². The highest BCUT2D eigenvalue weighted by Crippen LogP contribution is 2.38. The fourth-order valence-electron chi connectivity index (χ4n) is 1.91. The molecule has 2 rings (SSSR count). The number of anilines is 1. The molecule has 0 aromatic heterocycles. The Balaban J connectivity index is 2.19. The molecule has 1 saturated carbocycles. The van der Waals surface area contributed by atoms with Gasteiger partial charge in [-0.05, 0) is 30.4 Å². The first-order valence-corrected chi connectivity index (χ1v) is 5.81. The zero-order valence-corrected chi connectivity index (χ0v) is 10.1. The van der Waals surface area contributed by atoms with Crippen LogP contribution in [0.4, 0.5) is 11.4 Å². The zero-order valence-electron chi connectivity index (χ0n) is 10.1. The molecule has 0 saturated heterocycles. The minimum absolute atomic E-state index is 0.0340. The van der Waals surface area contributed by atoms with E-state index in [4.69, 9.17) is 5.73 Å². The lowest BCUT2D eigenvalue weighted by molar-refractivity contribution is -0.384. The maximum atomic E-state index is 11.1. The van der Waals surface area contributed by atoms with Gasteiger partial charge in [0.2, 0.25) is 5.91 Å². The number of rotatable bonds is 5. The first kappa shape index (κ1) is 12.3. The highest BCUT2D eigenvalue weighted by molar-refractivity contribution is 5.94. The van der Waals surface area contributed by atoms with Gasteiger partial charge in [0.15, 0.2) is 0 Å². The van der Waals surface area contributed by atoms with Crippen molar-refractivity contribution in [2.75, 3.05) is 11.9 Å². The molecular formula is C12H15N3O3. The first-order valence-electron chi connectivity index (χ1n) is 5.81. The van der Waals surface area contributed by atoms with Crippen molar-refractivity contribution in [3.8, 4) is 0 Å². The van der Waals surface area contributed by atoms with Crippen molar-refractivity contribution in [3.63, 3.8) is 0 Å². The predicted octanol–water partition coefficient (Wildman–Crippen LogP) is 1.76. The van der Waals surface area contributed by atoms with E-state index in [1.54, 1.807) is 0 Å². The molecule has 0 radical (unpaired) electrons. The fraction of sp³-hybridized carbons (Fsp3) is 0.417. The Bertz CT molecular complexity index is 501. The Morgan fingerprint density at radius 2 is 2.28 bits per heavy atom. The second-order valence-corrected chi connectivity index (χ2v) is 4.71. The van der Waals surface area contributed by atoms with Crippen molar-refractivity contribution in [3.05, 3.63) is 33.9 Å². The minimum Gasteiger partial charge on any atom is -0.379 e. The summed E-state index contributed by atoms with van der Waals surface area (Å²) in [4.78, 5) is 21.5. The average molecular weight is 249 g/mol. The molecular weight excluding hydrogens is 234 g/mol. The smallest absolute Gasteiger partial charge is 0.292 e. The molecule has 1 aliphatic carbocycles. The van der Waals surface area contributed by atoms with E-state index >= 15 is 0 Å². The number of nitro groups is 1. The van der Waals surface area contributed by atoms with Crippen LogP contribution in [0.15, 0.2) is 18.2 Å². The Hall–Kier alpha value is -2.11. The minimum atomic E-state index is -0.590. The summed E-state index contributed by atoms with van der Waals surface area (Å²) < 4.78 is 0. The number of nitro benzene ring substituents is 1. The lowest BCUT2D eigenvalue weighted by Crippen LogP contribution is -2.13. The third kappa shape index (κ3) is 2.58. The van der Waals surface area contributed by atoms with Crippen LogP contribution in [-0.4, -0.2) is 17.4 Å². The largest absolute Gasteiger partial charge is 0.379 e. The summed E-state index contributed by atoms with van der Waals surface area (Å²) >= 11 is 0. The molecule has 2 unspecified atom stereocenters. The lowest BCUT2D eigenvalue weighted by atomic mass is 10.1. The van der Waals surface area contributed by atoms with Gasteiger partial charge in [-0.25, -0.2) is 0 Å². The van der Waals surface area contributed by atoms with E-state index < -0.39 is 10.8 Å². The number of carbonyl (C=O) groups excluding carboxylic acids is 1. The number of nitrogens with two attached hydrogens (primary N) is 1. The van der Waals surface area contributed by atoms with E-state index in [2.05, 4.69) is 12.2 Å². The molecule has 1 fully saturated rings. The van der Waals surface area contributed by atoms with E-state index in [0.717, 1.165) is 6.42 Å². The van der Waals surface area contributed by atoms with Gasteiger partial charge in [-0.15, -0.1) is 0 Å². The number of nitrogens with zero attached hydrogens (tertiary/aromatic N) is 1. The topological polar surface area (TPSA) is 98.3 Å². The Labute approximate surface area is 104 Å². The molecule has 6 nitrogen and oxygen atoms in total. The van der Waals surface area contributed by atoms with Crippen molar-refractivity contribution >= 4 is 17.3 Å². The third-order valence-electron chi connectivity index (χ3n) is 3.31. The summed E-state index contributed by atoms with van der Waals surface area (Å²) in [6, 6.07) is 4.11. The Kier molecular flexibility index (Phi) is 3.18. The van der Waals surface area contributed by atoms with Gasteiger partial charge in [-0.2, -0.15) is 0 Å². The highest BCUT2D eigenvalue weighted by atomic mass is 16.6. The number of nitrogens with one attached hydrogen (secondary N) is 1. The summed E-state index contributed by atoms with van der Waals surface area (Å²) in [7, 11) is 0. The predicted molar refractivity (Wildman–Crippen MR) is 67.4 cm³/mol. The van der Waals surface area contributed by atoms with Gasteiger partial charge in [0.25, 0.3) is 5.69 Å². The van der Waals surface area contributed by atoms with Crippen LogP contribution in [0.1, 0.15) is 23.7 Å². The van der Waals surface area contributed by atoms with E-state index in [9.17, 15) is 14.9 Å². The van der Waals surface area contributed by atoms with Crippen LogP contribution in [0, 0.1) is 22.0 Å². The summed E-state index contributed by atoms with van der Waals surface area (Å²) in [6.07, 6.45) is 1.14. The lowest BCUT2D eigenvalue weighted by Gasteiger charge is -2.07. The molecule has 0 heterocycles. The maximum absolute atomic E-state index is 11.1. The second-order valence-electron chi connectivity index (χ2n) is 4.71. The summed E-state index contributed by atoms with van der Waals surface area (Å²) in [6.45, 7) is 2.82. The second kappa shape index (κ2) is 4.64. The van der Waals surface area contributed by atoms with Crippen molar-refractivity contribution in [1.29, 1.82) is 0 Å². The zero-order chi connectivity index (χ0) is 13.3. The van der Waals surface area contributed by atoms with Crippen molar-refractivity contribution in [2.45, 2.75) is 13.3 Å². The fourth-order valence-corrected chi connectivity index (χ4v) is 1.91. The number of hydrogen-bond donors (Lipinski definition) is 2. The van der Waals surface area contributed by atoms with Crippen LogP contribution in [0.25, 0.3) is 0 Å². The molecule has 0 bridgehead atoms. The first-order chi connectivity index (χ1) is 8.49. The molecule has 1 aliphatic rings. The van der Waals surface area contributed by atoms with Gasteiger partial charge < -0.3 is 11.1 Å². The molecule has 0 spiro atoms. The molecule has 6 heteroatoms. The number of benzene rings is 1. The van der Waals surface area contributed by atoms with Crippen LogP contribution in [0.3, 0.4) is 0 Å². The van der Waals surface area contributed by atoms with Gasteiger partial charge in [-0.3, -0.25) is 14.9 Å². The number of hydrogen-bond acceptors (Lipinski definition) is 4. The molecule has 18 heavy (non-hydrogen) atoms. The Morgan fingerprint density at radius 3 is 2.78 bits per heavy atom. The molecule has 1 aromatic carbocycles. The third-order valence-corrected chi connectivity index (χ3v) is 3.31. The summed E-state index contributed by atoms with van der Waals surface area (Å²) in [5.41, 5.74) is 5.76. The van der Waals surface area contributed by atoms with E-state index in [1.807, 2.05) is 0 Å². The van der Waals surface area contributed by atoms with Gasteiger partial charge in [0.1, 0.15) is 5.69 Å². The quantitative estimate of drug-likeness (QED) is 0.613. The van der Waals surface area contributed by atoms with E-state index in [1.165, 1.54) is 18.2 Å². The maximum Gasteiger partial charge on any atom is 0.292 e. The standard InChI is InChI=1S/C12H15N3O3/c1-7-4-9(7)6-14-10-5-8(12(13)16)2-3-11(10)15(17)18/h2-3,5,7,9,14H,4,6H2,1H3,(H2,13,16). The van der Waals surface area contributed by atoms with Gasteiger partial charge in [0.05, 0.1) is 4.92 Å². The normalized spacial score (nSPS) is 21.4.